The molecule has 1 aliphatic rings. The number of hydrogen-bond donors (Lipinski definition) is 1. The first-order valence-corrected chi connectivity index (χ1v) is 6.87. The lowest BCUT2D eigenvalue weighted by Gasteiger charge is -2.34. The lowest BCUT2D eigenvalue weighted by Crippen LogP contribution is -2.44. The summed E-state index contributed by atoms with van der Waals surface area (Å²) in [6.07, 6.45) is 0. The summed E-state index contributed by atoms with van der Waals surface area (Å²) in [4.78, 5) is 16.6. The minimum Gasteiger partial charge on any atom is -0.397 e. The van der Waals surface area contributed by atoms with E-state index in [1.165, 1.54) is 0 Å². The third-order valence-corrected chi connectivity index (χ3v) is 4.26. The zero-order valence-electron chi connectivity index (χ0n) is 12.3. The van der Waals surface area contributed by atoms with Gasteiger partial charge in [0, 0.05) is 40.3 Å². The van der Waals surface area contributed by atoms with E-state index in [2.05, 4.69) is 16.8 Å². The zero-order valence-corrected chi connectivity index (χ0v) is 12.3. The van der Waals surface area contributed by atoms with E-state index in [-0.39, 0.29) is 5.69 Å². The molecule has 3 rings (SSSR count). The van der Waals surface area contributed by atoms with E-state index >= 15 is 0 Å². The van der Waals surface area contributed by atoms with Crippen LogP contribution in [0.2, 0.25) is 0 Å². The van der Waals surface area contributed by atoms with E-state index in [1.807, 2.05) is 12.1 Å². The van der Waals surface area contributed by atoms with Gasteiger partial charge in [0.25, 0.3) is 0 Å². The average Bonchev–Trinajstić information content (AvgIpc) is 2.64. The Morgan fingerprint density at radius 3 is 2.10 bits per heavy atom. The Bertz CT molecular complexity index is 706. The number of fused-ring (bicyclic) bond motifs is 1. The van der Waals surface area contributed by atoms with Crippen LogP contribution in [0.25, 0.3) is 11.0 Å². The molecule has 0 bridgehead atoms. The van der Waals surface area contributed by atoms with Crippen molar-refractivity contribution in [3.05, 3.63) is 22.6 Å². The van der Waals surface area contributed by atoms with Gasteiger partial charge >= 0.3 is 5.69 Å². The number of piperazine rings is 1. The van der Waals surface area contributed by atoms with Gasteiger partial charge in [0.2, 0.25) is 0 Å². The van der Waals surface area contributed by atoms with Gasteiger partial charge in [0.1, 0.15) is 0 Å². The number of nitrogen functional groups attached to an aromatic ring is 1. The summed E-state index contributed by atoms with van der Waals surface area (Å²) < 4.78 is 3.31. The van der Waals surface area contributed by atoms with Gasteiger partial charge < -0.3 is 15.5 Å². The standard InChI is InChI=1S/C14H21N5O/c1-16-4-6-19(7-5-16)11-9-13-12(8-10(11)15)17(2)14(20)18(13)3/h8-9H,4-7,15H2,1-3H3. The molecule has 0 aliphatic carbocycles. The summed E-state index contributed by atoms with van der Waals surface area (Å²) in [5.41, 5.74) is 9.77. The number of anilines is 2. The fraction of sp³-hybridized carbons (Fsp3) is 0.500. The van der Waals surface area contributed by atoms with E-state index < -0.39 is 0 Å². The molecule has 0 radical (unpaired) electrons. The largest absolute Gasteiger partial charge is 0.397 e. The highest BCUT2D eigenvalue weighted by atomic mass is 16.1. The first kappa shape index (κ1) is 13.1. The number of rotatable bonds is 1. The van der Waals surface area contributed by atoms with Crippen molar-refractivity contribution in [3.63, 3.8) is 0 Å². The van der Waals surface area contributed by atoms with Crippen molar-refractivity contribution >= 4 is 22.4 Å². The third-order valence-electron chi connectivity index (χ3n) is 4.26. The van der Waals surface area contributed by atoms with Gasteiger partial charge in [-0.15, -0.1) is 0 Å². The van der Waals surface area contributed by atoms with Gasteiger partial charge in [-0.05, 0) is 19.2 Å². The molecule has 20 heavy (non-hydrogen) atoms. The van der Waals surface area contributed by atoms with Crippen LogP contribution in [0.1, 0.15) is 0 Å². The van der Waals surface area contributed by atoms with E-state index in [4.69, 9.17) is 5.73 Å². The SMILES string of the molecule is CN1CCN(c2cc3c(cc2N)n(C)c(=O)n3C)CC1. The Hall–Kier alpha value is -1.95. The minimum absolute atomic E-state index is 0.0186. The maximum atomic E-state index is 12.0. The molecule has 1 saturated heterocycles. The van der Waals surface area contributed by atoms with Gasteiger partial charge in [-0.25, -0.2) is 4.79 Å². The van der Waals surface area contributed by atoms with Crippen LogP contribution in [0, 0.1) is 0 Å². The van der Waals surface area contributed by atoms with Crippen LogP contribution in [0.15, 0.2) is 16.9 Å². The molecule has 0 atom stereocenters. The number of hydrogen-bond acceptors (Lipinski definition) is 4. The molecule has 2 aromatic rings. The maximum absolute atomic E-state index is 12.0. The summed E-state index contributed by atoms with van der Waals surface area (Å²) in [6, 6.07) is 3.95. The van der Waals surface area contributed by atoms with Gasteiger partial charge in [0.15, 0.2) is 0 Å². The minimum atomic E-state index is -0.0186. The molecule has 1 aromatic carbocycles. The van der Waals surface area contributed by atoms with Crippen molar-refractivity contribution in [2.45, 2.75) is 0 Å². The maximum Gasteiger partial charge on any atom is 0.328 e. The van der Waals surface area contributed by atoms with E-state index in [0.717, 1.165) is 48.6 Å². The first-order valence-electron chi connectivity index (χ1n) is 6.87. The predicted molar refractivity (Wildman–Crippen MR) is 82.3 cm³/mol. The van der Waals surface area contributed by atoms with Crippen LogP contribution < -0.4 is 16.3 Å². The van der Waals surface area contributed by atoms with E-state index in [9.17, 15) is 4.79 Å². The number of aryl methyl sites for hydroxylation is 2. The molecule has 0 unspecified atom stereocenters. The molecule has 6 heteroatoms. The molecular formula is C14H21N5O. The summed E-state index contributed by atoms with van der Waals surface area (Å²) in [6.45, 7) is 4.00. The second-order valence-corrected chi connectivity index (χ2v) is 5.59. The normalized spacial score (nSPS) is 17.1. The topological polar surface area (TPSA) is 59.4 Å². The Labute approximate surface area is 118 Å². The molecule has 1 fully saturated rings. The highest BCUT2D eigenvalue weighted by Crippen LogP contribution is 2.29. The van der Waals surface area contributed by atoms with E-state index in [1.54, 1.807) is 23.2 Å². The Kier molecular flexibility index (Phi) is 2.97. The molecule has 2 heterocycles. The highest BCUT2D eigenvalue weighted by Gasteiger charge is 2.18. The Morgan fingerprint density at radius 1 is 0.950 bits per heavy atom. The number of aromatic nitrogens is 2. The molecule has 2 N–H and O–H groups in total. The lowest BCUT2D eigenvalue weighted by molar-refractivity contribution is 0.313. The first-order chi connectivity index (χ1) is 9.49. The van der Waals surface area contributed by atoms with Gasteiger partial charge in [-0.3, -0.25) is 9.13 Å². The Balaban J connectivity index is 2.10. The number of nitrogens with zero attached hydrogens (tertiary/aromatic N) is 4. The molecular weight excluding hydrogens is 254 g/mol. The van der Waals surface area contributed by atoms with Crippen molar-refractivity contribution in [3.8, 4) is 0 Å². The van der Waals surface area contributed by atoms with Crippen LogP contribution in [0.3, 0.4) is 0 Å². The highest BCUT2D eigenvalue weighted by molar-refractivity contribution is 5.88. The zero-order chi connectivity index (χ0) is 14.4. The number of nitrogens with two attached hydrogens (primary N) is 1. The fourth-order valence-corrected chi connectivity index (χ4v) is 2.87. The molecule has 0 amide bonds. The van der Waals surface area contributed by atoms with Crippen molar-refractivity contribution in [2.24, 2.45) is 14.1 Å². The van der Waals surface area contributed by atoms with Crippen molar-refractivity contribution in [1.82, 2.24) is 14.0 Å². The van der Waals surface area contributed by atoms with Crippen LogP contribution in [-0.4, -0.2) is 47.3 Å². The fourth-order valence-electron chi connectivity index (χ4n) is 2.87. The van der Waals surface area contributed by atoms with Crippen LogP contribution >= 0.6 is 0 Å². The molecule has 1 aliphatic heterocycles. The second kappa shape index (κ2) is 4.56. The number of benzene rings is 1. The lowest BCUT2D eigenvalue weighted by atomic mass is 10.2. The van der Waals surface area contributed by atoms with Crippen molar-refractivity contribution in [1.29, 1.82) is 0 Å². The van der Waals surface area contributed by atoms with Crippen LogP contribution in [-0.2, 0) is 14.1 Å². The van der Waals surface area contributed by atoms with E-state index in [0.29, 0.717) is 0 Å². The van der Waals surface area contributed by atoms with Gasteiger partial charge in [0.05, 0.1) is 22.4 Å². The van der Waals surface area contributed by atoms with Crippen LogP contribution in [0.4, 0.5) is 11.4 Å². The third kappa shape index (κ3) is 1.87. The molecule has 108 valence electrons. The summed E-state index contributed by atoms with van der Waals surface area (Å²) >= 11 is 0. The number of likely N-dealkylation sites (N-methyl/N-ethyl adjacent to an activating group) is 1. The van der Waals surface area contributed by atoms with Gasteiger partial charge in [-0.1, -0.05) is 0 Å². The second-order valence-electron chi connectivity index (χ2n) is 5.59. The average molecular weight is 275 g/mol. The Morgan fingerprint density at radius 2 is 1.50 bits per heavy atom. The summed E-state index contributed by atoms with van der Waals surface area (Å²) in [5, 5.41) is 0. The molecule has 1 aromatic heterocycles. The van der Waals surface area contributed by atoms with Crippen LogP contribution in [0.5, 0.6) is 0 Å². The number of imidazole rings is 1. The summed E-state index contributed by atoms with van der Waals surface area (Å²) in [5.74, 6) is 0. The predicted octanol–water partition coefficient (Wildman–Crippen LogP) is 0.211. The molecule has 6 nitrogen and oxygen atoms in total. The van der Waals surface area contributed by atoms with Crippen molar-refractivity contribution < 1.29 is 0 Å². The monoisotopic (exact) mass is 275 g/mol. The van der Waals surface area contributed by atoms with Gasteiger partial charge in [-0.2, -0.15) is 0 Å². The van der Waals surface area contributed by atoms with Crippen molar-refractivity contribution in [2.75, 3.05) is 43.9 Å². The smallest absolute Gasteiger partial charge is 0.328 e. The summed E-state index contributed by atoms with van der Waals surface area (Å²) in [7, 11) is 5.71. The molecule has 0 saturated carbocycles. The molecule has 0 spiro atoms. The quantitative estimate of drug-likeness (QED) is 0.756.